The number of phenolic OH excluding ortho intramolecular Hbond substituents is 2. The molecule has 0 aromatic heterocycles. The van der Waals surface area contributed by atoms with Crippen molar-refractivity contribution in [2.24, 2.45) is 11.7 Å². The molecule has 0 spiro atoms. The highest BCUT2D eigenvalue weighted by atomic mass is 16.7. The van der Waals surface area contributed by atoms with E-state index in [0.717, 1.165) is 5.57 Å². The van der Waals surface area contributed by atoms with Crippen molar-refractivity contribution in [3.05, 3.63) is 62.7 Å². The van der Waals surface area contributed by atoms with Crippen LogP contribution in [0.15, 0.2) is 29.3 Å². The maximum absolute atomic E-state index is 13.9. The monoisotopic (exact) mass is 597 g/mol. The number of ketones is 2. The minimum absolute atomic E-state index is 0.00843. The smallest absolute Gasteiger partial charge is 0.202 e. The lowest BCUT2D eigenvalue weighted by Gasteiger charge is -2.44. The molecule has 3 aliphatic rings. The van der Waals surface area contributed by atoms with Crippen LogP contribution in [0.25, 0.3) is 0 Å². The Morgan fingerprint density at radius 2 is 1.81 bits per heavy atom. The van der Waals surface area contributed by atoms with Gasteiger partial charge in [-0.15, -0.1) is 0 Å². The van der Waals surface area contributed by atoms with Crippen LogP contribution >= 0.6 is 0 Å². The summed E-state index contributed by atoms with van der Waals surface area (Å²) in [5.41, 5.74) is 4.65. The van der Waals surface area contributed by atoms with Crippen molar-refractivity contribution in [1.82, 2.24) is 0 Å². The van der Waals surface area contributed by atoms with Crippen molar-refractivity contribution in [3.8, 4) is 17.2 Å². The molecule has 232 valence electrons. The van der Waals surface area contributed by atoms with Crippen LogP contribution in [0.3, 0.4) is 0 Å². The number of allylic oxidation sites excluding steroid dienone is 1. The number of ether oxygens (including phenoxy) is 3. The second kappa shape index (κ2) is 11.3. The zero-order valence-corrected chi connectivity index (χ0v) is 24.9. The predicted octanol–water partition coefficient (Wildman–Crippen LogP) is 2.40. The molecule has 2 aromatic rings. The zero-order chi connectivity index (χ0) is 31.5. The van der Waals surface area contributed by atoms with Crippen molar-refractivity contribution in [2.45, 2.75) is 83.2 Å². The van der Waals surface area contributed by atoms with E-state index in [0.29, 0.717) is 5.57 Å². The molecule has 1 aliphatic heterocycles. The van der Waals surface area contributed by atoms with E-state index in [1.165, 1.54) is 19.2 Å². The van der Waals surface area contributed by atoms with Gasteiger partial charge in [0.05, 0.1) is 54.3 Å². The average molecular weight is 598 g/mol. The van der Waals surface area contributed by atoms with Gasteiger partial charge in [-0.3, -0.25) is 9.59 Å². The molecule has 2 aliphatic carbocycles. The summed E-state index contributed by atoms with van der Waals surface area (Å²) in [6.07, 6.45) is -4.13. The van der Waals surface area contributed by atoms with Crippen molar-refractivity contribution in [1.29, 1.82) is 0 Å². The van der Waals surface area contributed by atoms with Gasteiger partial charge < -0.3 is 45.5 Å². The first-order chi connectivity index (χ1) is 20.2. The highest BCUT2D eigenvalue weighted by Gasteiger charge is 2.49. The van der Waals surface area contributed by atoms with Gasteiger partial charge in [0, 0.05) is 42.0 Å². The molecule has 2 aromatic carbocycles. The molecule has 43 heavy (non-hydrogen) atoms. The Kier molecular flexibility index (Phi) is 8.18. The number of nitrogens with two attached hydrogens (primary N) is 1. The first kappa shape index (κ1) is 31.1. The number of benzene rings is 2. The molecule has 7 N–H and O–H groups in total. The minimum atomic E-state index is -1.76. The van der Waals surface area contributed by atoms with Gasteiger partial charge in [0.25, 0.3) is 0 Å². The zero-order valence-electron chi connectivity index (χ0n) is 24.9. The molecule has 0 radical (unpaired) electrons. The molecule has 11 nitrogen and oxygen atoms in total. The van der Waals surface area contributed by atoms with E-state index in [1.54, 1.807) is 19.9 Å². The summed E-state index contributed by atoms with van der Waals surface area (Å²) in [5, 5.41) is 56.3. The second-order valence-corrected chi connectivity index (χ2v) is 12.1. The van der Waals surface area contributed by atoms with Crippen molar-refractivity contribution in [3.63, 3.8) is 0 Å². The number of aromatic hydroxyl groups is 2. The Hall–Kier alpha value is -3.32. The number of phenols is 2. The van der Waals surface area contributed by atoms with E-state index < -0.39 is 71.5 Å². The van der Waals surface area contributed by atoms with Crippen LogP contribution in [0.2, 0.25) is 0 Å². The maximum atomic E-state index is 13.9. The van der Waals surface area contributed by atoms with Crippen LogP contribution in [0.5, 0.6) is 17.2 Å². The molecular weight excluding hydrogens is 558 g/mol. The van der Waals surface area contributed by atoms with Gasteiger partial charge in [0.1, 0.15) is 17.2 Å². The number of rotatable bonds is 6. The Morgan fingerprint density at radius 1 is 1.14 bits per heavy atom. The van der Waals surface area contributed by atoms with E-state index in [4.69, 9.17) is 19.9 Å². The fourth-order valence-electron chi connectivity index (χ4n) is 6.61. The van der Waals surface area contributed by atoms with Crippen LogP contribution in [0.4, 0.5) is 0 Å². The summed E-state index contributed by atoms with van der Waals surface area (Å²) in [4.78, 5) is 27.6. The highest BCUT2D eigenvalue weighted by molar-refractivity contribution is 6.31. The molecule has 0 saturated carbocycles. The van der Waals surface area contributed by atoms with Gasteiger partial charge in [-0.1, -0.05) is 31.6 Å². The lowest BCUT2D eigenvalue weighted by atomic mass is 9.69. The number of fused-ring (bicyclic) bond motifs is 3. The minimum Gasteiger partial charge on any atom is -0.507 e. The average Bonchev–Trinajstić information content (AvgIpc) is 2.95. The molecular formula is C32H39NO10. The van der Waals surface area contributed by atoms with E-state index in [2.05, 4.69) is 0 Å². The molecule has 1 saturated heterocycles. The number of methoxy groups -OCH3 is 1. The second-order valence-electron chi connectivity index (χ2n) is 12.1. The number of hydrogen-bond acceptors (Lipinski definition) is 11. The highest BCUT2D eigenvalue weighted by Crippen LogP contribution is 2.54. The Morgan fingerprint density at radius 3 is 2.42 bits per heavy atom. The topological polar surface area (TPSA) is 189 Å². The third-order valence-corrected chi connectivity index (χ3v) is 9.20. The van der Waals surface area contributed by atoms with E-state index in [9.17, 15) is 35.1 Å². The summed E-state index contributed by atoms with van der Waals surface area (Å²) in [6.45, 7) is 6.78. The summed E-state index contributed by atoms with van der Waals surface area (Å²) in [6, 6.07) is 3.83. The quantitative estimate of drug-likeness (QED) is 0.181. The molecule has 0 unspecified atom stereocenters. The van der Waals surface area contributed by atoms with Gasteiger partial charge >= 0.3 is 0 Å². The van der Waals surface area contributed by atoms with E-state index >= 15 is 0 Å². The van der Waals surface area contributed by atoms with Gasteiger partial charge in [0.2, 0.25) is 5.78 Å². The van der Waals surface area contributed by atoms with Crippen LogP contribution in [0, 0.1) is 5.92 Å². The van der Waals surface area contributed by atoms with Crippen molar-refractivity contribution < 1.29 is 49.3 Å². The number of aliphatic hydroxyl groups is 3. The van der Waals surface area contributed by atoms with Crippen LogP contribution < -0.4 is 10.5 Å². The van der Waals surface area contributed by atoms with Gasteiger partial charge in [-0.2, -0.15) is 0 Å². The Balaban J connectivity index is 1.73. The molecule has 6 atom stereocenters. The molecule has 1 fully saturated rings. The van der Waals surface area contributed by atoms with Gasteiger partial charge in [-0.25, -0.2) is 0 Å². The maximum Gasteiger partial charge on any atom is 0.202 e. The number of hydrogen-bond donors (Lipinski definition) is 6. The molecule has 0 bridgehead atoms. The van der Waals surface area contributed by atoms with Crippen LogP contribution in [-0.2, 0) is 15.9 Å². The Bertz CT molecular complexity index is 1500. The summed E-state index contributed by atoms with van der Waals surface area (Å²) < 4.78 is 17.5. The normalized spacial score (nSPS) is 29.1. The van der Waals surface area contributed by atoms with Crippen LogP contribution in [0.1, 0.15) is 89.6 Å². The standard InChI is InChI=1S/C32H39NO10/c1-13(2)14(3)18(12-34)32(40)10-17-24(21(11-32)43-22-9-19(33)27(35)15(4)42-22)31(39)26-25(29(17)37)28(36)16-7-6-8-20(41-5)23(16)30(26)38/h6-8,13,15,19,21-22,27,34-35,37,39-40H,9-12,33H2,1-5H3/t15-,19-,21-,22-,27-,32-/m0/s1. The number of carbonyl (C=O) groups excluding carboxylic acids is 2. The SMILES string of the molecule is COc1cccc2c1C(=O)c1c(O)c3c(c(O)c1C2=O)C[C@@](O)(C(CO)=C(C)C(C)C)C[C@@H]3O[C@H]1C[C@H](N)[C@@H](O)[C@H](C)O1. The summed E-state index contributed by atoms with van der Waals surface area (Å²) in [7, 11) is 1.36. The number of carbonyl (C=O) groups is 2. The summed E-state index contributed by atoms with van der Waals surface area (Å²) in [5.74, 6) is -2.42. The van der Waals surface area contributed by atoms with E-state index in [-0.39, 0.29) is 58.7 Å². The molecule has 0 amide bonds. The number of aliphatic hydroxyl groups excluding tert-OH is 2. The first-order valence-corrected chi connectivity index (χ1v) is 14.4. The van der Waals surface area contributed by atoms with Gasteiger partial charge in [-0.05, 0) is 31.4 Å². The largest absolute Gasteiger partial charge is 0.507 e. The Labute approximate surface area is 249 Å². The van der Waals surface area contributed by atoms with Crippen molar-refractivity contribution in [2.75, 3.05) is 13.7 Å². The van der Waals surface area contributed by atoms with E-state index in [1.807, 2.05) is 13.8 Å². The van der Waals surface area contributed by atoms with Crippen molar-refractivity contribution >= 4 is 11.6 Å². The first-order valence-electron chi connectivity index (χ1n) is 14.4. The lowest BCUT2D eigenvalue weighted by Crippen LogP contribution is -2.52. The van der Waals surface area contributed by atoms with Gasteiger partial charge in [0.15, 0.2) is 12.1 Å². The fraction of sp³-hybridized carbons (Fsp3) is 0.500. The fourth-order valence-corrected chi connectivity index (χ4v) is 6.61. The third-order valence-electron chi connectivity index (χ3n) is 9.20. The lowest BCUT2D eigenvalue weighted by molar-refractivity contribution is -0.246. The van der Waals surface area contributed by atoms with Crippen LogP contribution in [-0.4, -0.2) is 81.0 Å². The molecule has 5 rings (SSSR count). The molecule has 1 heterocycles. The molecule has 11 heteroatoms. The third kappa shape index (κ3) is 4.94. The summed E-state index contributed by atoms with van der Waals surface area (Å²) >= 11 is 0. The predicted molar refractivity (Wildman–Crippen MR) is 154 cm³/mol.